The van der Waals surface area contributed by atoms with Crippen molar-refractivity contribution in [1.82, 2.24) is 10.2 Å². The maximum atomic E-state index is 12.5. The van der Waals surface area contributed by atoms with Crippen molar-refractivity contribution >= 4 is 11.6 Å². The molecule has 7 heteroatoms. The molecule has 0 saturated carbocycles. The Hall–Kier alpha value is -3.61. The van der Waals surface area contributed by atoms with Crippen LogP contribution in [0.4, 0.5) is 5.69 Å². The molecule has 28 heavy (non-hydrogen) atoms. The van der Waals surface area contributed by atoms with Gasteiger partial charge in [-0.15, -0.1) is 10.2 Å². The molecule has 0 unspecified atom stereocenters. The molecule has 0 aliphatic carbocycles. The van der Waals surface area contributed by atoms with E-state index >= 15 is 0 Å². The number of rotatable bonds is 7. The van der Waals surface area contributed by atoms with Crippen LogP contribution in [-0.2, 0) is 0 Å². The van der Waals surface area contributed by atoms with Gasteiger partial charge in [0.2, 0.25) is 5.88 Å². The second-order valence-corrected chi connectivity index (χ2v) is 5.82. The summed E-state index contributed by atoms with van der Waals surface area (Å²) in [7, 11) is 3.08. The smallest absolute Gasteiger partial charge is 0.255 e. The van der Waals surface area contributed by atoms with Crippen LogP contribution in [0.5, 0.6) is 17.4 Å². The standard InChI is InChI=1S/C21H21N3O4/c1-4-28-20-10-9-19(23-24-20)14-5-7-16(8-6-14)22-21(25)15-11-17(26-2)13-18(12-15)27-3/h5-13H,4H2,1-3H3,(H,22,25). The Labute approximate surface area is 163 Å². The summed E-state index contributed by atoms with van der Waals surface area (Å²) in [6, 6.07) is 16.0. The number of aromatic nitrogens is 2. The average molecular weight is 379 g/mol. The van der Waals surface area contributed by atoms with Crippen LogP contribution in [0.15, 0.2) is 54.6 Å². The third-order valence-corrected chi connectivity index (χ3v) is 3.98. The number of nitrogens with zero attached hydrogens (tertiary/aromatic N) is 2. The molecule has 0 aliphatic heterocycles. The molecule has 144 valence electrons. The number of hydrogen-bond acceptors (Lipinski definition) is 6. The number of carbonyl (C=O) groups is 1. The zero-order valence-corrected chi connectivity index (χ0v) is 15.9. The number of nitrogens with one attached hydrogen (secondary N) is 1. The lowest BCUT2D eigenvalue weighted by Gasteiger charge is -2.10. The summed E-state index contributed by atoms with van der Waals surface area (Å²) in [5.41, 5.74) is 2.71. The van der Waals surface area contributed by atoms with Crippen LogP contribution < -0.4 is 19.5 Å². The topological polar surface area (TPSA) is 82.6 Å². The van der Waals surface area contributed by atoms with Crippen LogP contribution in [0.2, 0.25) is 0 Å². The third-order valence-electron chi connectivity index (χ3n) is 3.98. The number of amides is 1. The summed E-state index contributed by atoms with van der Waals surface area (Å²) in [6.45, 7) is 2.44. The van der Waals surface area contributed by atoms with Gasteiger partial charge in [-0.2, -0.15) is 0 Å². The van der Waals surface area contributed by atoms with Gasteiger partial charge in [-0.3, -0.25) is 4.79 Å². The summed E-state index contributed by atoms with van der Waals surface area (Å²) >= 11 is 0. The lowest BCUT2D eigenvalue weighted by molar-refractivity contribution is 0.102. The van der Waals surface area contributed by atoms with Gasteiger partial charge in [0.25, 0.3) is 5.91 Å². The highest BCUT2D eigenvalue weighted by Gasteiger charge is 2.11. The number of carbonyl (C=O) groups excluding carboxylic acids is 1. The van der Waals surface area contributed by atoms with E-state index in [1.807, 2.05) is 37.3 Å². The number of benzene rings is 2. The Kier molecular flexibility index (Phi) is 6.06. The van der Waals surface area contributed by atoms with Crippen molar-refractivity contribution in [3.05, 3.63) is 60.2 Å². The summed E-state index contributed by atoms with van der Waals surface area (Å²) < 4.78 is 15.7. The molecule has 2 aromatic carbocycles. The Morgan fingerprint density at radius 1 is 0.929 bits per heavy atom. The first-order valence-electron chi connectivity index (χ1n) is 8.74. The molecular formula is C21H21N3O4. The molecule has 0 spiro atoms. The van der Waals surface area contributed by atoms with Gasteiger partial charge in [-0.05, 0) is 37.3 Å². The van der Waals surface area contributed by atoms with E-state index in [4.69, 9.17) is 14.2 Å². The highest BCUT2D eigenvalue weighted by Crippen LogP contribution is 2.24. The molecule has 0 saturated heterocycles. The third kappa shape index (κ3) is 4.56. The molecule has 3 aromatic rings. The van der Waals surface area contributed by atoms with Crippen molar-refractivity contribution in [2.45, 2.75) is 6.92 Å². The van der Waals surface area contributed by atoms with Crippen LogP contribution in [0.1, 0.15) is 17.3 Å². The fraction of sp³-hybridized carbons (Fsp3) is 0.190. The quantitative estimate of drug-likeness (QED) is 0.672. The van der Waals surface area contributed by atoms with Crippen molar-refractivity contribution in [1.29, 1.82) is 0 Å². The molecule has 1 aromatic heterocycles. The van der Waals surface area contributed by atoms with E-state index in [-0.39, 0.29) is 5.91 Å². The molecule has 7 nitrogen and oxygen atoms in total. The van der Waals surface area contributed by atoms with Crippen LogP contribution in [0.3, 0.4) is 0 Å². The lowest BCUT2D eigenvalue weighted by Crippen LogP contribution is -2.12. The minimum absolute atomic E-state index is 0.259. The Bertz CT molecular complexity index is 919. The van der Waals surface area contributed by atoms with E-state index in [0.29, 0.717) is 35.2 Å². The zero-order valence-electron chi connectivity index (χ0n) is 15.9. The second kappa shape index (κ2) is 8.85. The Morgan fingerprint density at radius 2 is 1.61 bits per heavy atom. The highest BCUT2D eigenvalue weighted by atomic mass is 16.5. The van der Waals surface area contributed by atoms with Crippen molar-refractivity contribution in [2.75, 3.05) is 26.1 Å². The van der Waals surface area contributed by atoms with Gasteiger partial charge in [0.1, 0.15) is 11.5 Å². The van der Waals surface area contributed by atoms with Gasteiger partial charge >= 0.3 is 0 Å². The number of methoxy groups -OCH3 is 2. The van der Waals surface area contributed by atoms with E-state index in [2.05, 4.69) is 15.5 Å². The monoisotopic (exact) mass is 379 g/mol. The minimum atomic E-state index is -0.259. The zero-order chi connectivity index (χ0) is 19.9. The first-order chi connectivity index (χ1) is 13.6. The van der Waals surface area contributed by atoms with Crippen LogP contribution in [0.25, 0.3) is 11.3 Å². The summed E-state index contributed by atoms with van der Waals surface area (Å²) in [5.74, 6) is 1.33. The van der Waals surface area contributed by atoms with E-state index in [9.17, 15) is 4.79 Å². The predicted molar refractivity (Wildman–Crippen MR) is 106 cm³/mol. The van der Waals surface area contributed by atoms with Gasteiger partial charge in [0, 0.05) is 28.9 Å². The largest absolute Gasteiger partial charge is 0.497 e. The normalized spacial score (nSPS) is 10.2. The average Bonchev–Trinajstić information content (AvgIpc) is 2.74. The van der Waals surface area contributed by atoms with Crippen LogP contribution >= 0.6 is 0 Å². The Morgan fingerprint density at radius 3 is 2.14 bits per heavy atom. The molecule has 1 N–H and O–H groups in total. The van der Waals surface area contributed by atoms with Gasteiger partial charge in [-0.1, -0.05) is 12.1 Å². The van der Waals surface area contributed by atoms with E-state index in [0.717, 1.165) is 11.3 Å². The van der Waals surface area contributed by atoms with Gasteiger partial charge in [0.15, 0.2) is 0 Å². The fourth-order valence-corrected chi connectivity index (χ4v) is 2.56. The van der Waals surface area contributed by atoms with Crippen molar-refractivity contribution in [2.24, 2.45) is 0 Å². The summed E-state index contributed by atoms with van der Waals surface area (Å²) in [6.07, 6.45) is 0. The lowest BCUT2D eigenvalue weighted by atomic mass is 10.1. The van der Waals surface area contributed by atoms with Crippen LogP contribution in [0, 0.1) is 0 Å². The Balaban J connectivity index is 1.72. The van der Waals surface area contributed by atoms with Crippen LogP contribution in [-0.4, -0.2) is 36.9 Å². The summed E-state index contributed by atoms with van der Waals surface area (Å²) in [5, 5.41) is 11.0. The maximum absolute atomic E-state index is 12.5. The highest BCUT2D eigenvalue weighted by molar-refractivity contribution is 6.04. The SMILES string of the molecule is CCOc1ccc(-c2ccc(NC(=O)c3cc(OC)cc(OC)c3)cc2)nn1. The number of hydrogen-bond donors (Lipinski definition) is 1. The first kappa shape index (κ1) is 19.2. The molecule has 1 amide bonds. The summed E-state index contributed by atoms with van der Waals surface area (Å²) in [4.78, 5) is 12.5. The minimum Gasteiger partial charge on any atom is -0.497 e. The van der Waals surface area contributed by atoms with E-state index in [1.54, 1.807) is 38.5 Å². The van der Waals surface area contributed by atoms with Crippen molar-refractivity contribution < 1.29 is 19.0 Å². The molecule has 0 aliphatic rings. The van der Waals surface area contributed by atoms with Crippen molar-refractivity contribution in [3.63, 3.8) is 0 Å². The van der Waals surface area contributed by atoms with E-state index < -0.39 is 0 Å². The fourth-order valence-electron chi connectivity index (χ4n) is 2.56. The first-order valence-corrected chi connectivity index (χ1v) is 8.74. The molecule has 3 rings (SSSR count). The predicted octanol–water partition coefficient (Wildman–Crippen LogP) is 3.81. The maximum Gasteiger partial charge on any atom is 0.255 e. The van der Waals surface area contributed by atoms with Gasteiger partial charge in [0.05, 0.1) is 26.5 Å². The molecule has 0 bridgehead atoms. The molecular weight excluding hydrogens is 358 g/mol. The molecule has 0 radical (unpaired) electrons. The van der Waals surface area contributed by atoms with E-state index in [1.165, 1.54) is 0 Å². The molecule has 0 fully saturated rings. The van der Waals surface area contributed by atoms with Crippen molar-refractivity contribution in [3.8, 4) is 28.6 Å². The number of anilines is 1. The van der Waals surface area contributed by atoms with Gasteiger partial charge < -0.3 is 19.5 Å². The second-order valence-electron chi connectivity index (χ2n) is 5.82. The number of ether oxygens (including phenoxy) is 3. The molecule has 1 heterocycles. The molecule has 0 atom stereocenters. The van der Waals surface area contributed by atoms with Gasteiger partial charge in [-0.25, -0.2) is 0 Å².